The van der Waals surface area contributed by atoms with Gasteiger partial charge in [-0.1, -0.05) is 17.3 Å². The number of aliphatic hydroxyl groups excluding tert-OH is 1. The average molecular weight is 475 g/mol. The van der Waals surface area contributed by atoms with Gasteiger partial charge in [-0.2, -0.15) is 4.31 Å². The van der Waals surface area contributed by atoms with E-state index in [0.29, 0.717) is 42.4 Å². The maximum Gasteiger partial charge on any atom is 0.273 e. The van der Waals surface area contributed by atoms with Crippen LogP contribution in [0.1, 0.15) is 66.3 Å². The van der Waals surface area contributed by atoms with E-state index in [9.17, 15) is 13.2 Å². The van der Waals surface area contributed by atoms with Gasteiger partial charge in [0.25, 0.3) is 5.91 Å². The van der Waals surface area contributed by atoms with Gasteiger partial charge in [-0.25, -0.2) is 8.42 Å². The molecule has 3 fully saturated rings. The Balaban J connectivity index is 1.22. The second-order valence-electron chi connectivity index (χ2n) is 9.29. The first-order chi connectivity index (χ1) is 16.0. The normalized spacial score (nSPS) is 25.3. The Hall–Kier alpha value is -2.27. The first kappa shape index (κ1) is 22.5. The fourth-order valence-electron chi connectivity index (χ4n) is 5.07. The Labute approximate surface area is 193 Å². The predicted octanol–water partition coefficient (Wildman–Crippen LogP) is 1.75. The van der Waals surface area contributed by atoms with E-state index in [2.05, 4.69) is 15.8 Å². The van der Waals surface area contributed by atoms with E-state index in [1.165, 1.54) is 0 Å². The molecule has 5 rings (SSSR count). The molecule has 0 spiro atoms. The molecule has 2 bridgehead atoms. The Morgan fingerprint density at radius 1 is 1.12 bits per heavy atom. The van der Waals surface area contributed by atoms with Crippen molar-refractivity contribution in [1.82, 2.24) is 20.1 Å². The molecule has 0 radical (unpaired) electrons. The van der Waals surface area contributed by atoms with Crippen LogP contribution in [-0.4, -0.2) is 60.2 Å². The standard InChI is InChI=1S/C23H30N4O5S/c28-10-9-24-14-15-1-7-20(8-2-15)33(30,31)27-18-5-6-19(27)12-17(11-18)25-23(29)21-13-22(32-26-21)16-3-4-16/h1-2,7-8,13,16-19,24,28H,3-6,9-12,14H2,(H,25,29)/t17?,18-,19+. The number of amides is 1. The second-order valence-corrected chi connectivity index (χ2v) is 11.1. The summed E-state index contributed by atoms with van der Waals surface area (Å²) < 4.78 is 33.8. The molecule has 9 nitrogen and oxygen atoms in total. The summed E-state index contributed by atoms with van der Waals surface area (Å²) in [6.45, 7) is 1.13. The Bertz CT molecular complexity index is 1080. The average Bonchev–Trinajstić information content (AvgIpc) is 3.46. The molecule has 1 unspecified atom stereocenters. The number of carbonyl (C=O) groups is 1. The van der Waals surface area contributed by atoms with E-state index in [4.69, 9.17) is 9.63 Å². The number of nitrogens with one attached hydrogen (secondary N) is 2. The molecule has 33 heavy (non-hydrogen) atoms. The van der Waals surface area contributed by atoms with E-state index in [1.807, 2.05) is 0 Å². The highest BCUT2D eigenvalue weighted by Gasteiger charge is 2.47. The molecule has 10 heteroatoms. The van der Waals surface area contributed by atoms with Crippen LogP contribution in [-0.2, 0) is 16.6 Å². The van der Waals surface area contributed by atoms with Gasteiger partial charge in [0.15, 0.2) is 5.69 Å². The van der Waals surface area contributed by atoms with Gasteiger partial charge >= 0.3 is 0 Å². The summed E-state index contributed by atoms with van der Waals surface area (Å²) >= 11 is 0. The van der Waals surface area contributed by atoms with Crippen LogP contribution in [0.15, 0.2) is 39.8 Å². The van der Waals surface area contributed by atoms with Crippen LogP contribution < -0.4 is 10.6 Å². The number of sulfonamides is 1. The van der Waals surface area contributed by atoms with Gasteiger partial charge in [-0.3, -0.25) is 4.79 Å². The molecule has 3 N–H and O–H groups in total. The van der Waals surface area contributed by atoms with Gasteiger partial charge < -0.3 is 20.3 Å². The summed E-state index contributed by atoms with van der Waals surface area (Å²) in [6, 6.07) is 8.32. The van der Waals surface area contributed by atoms with E-state index in [-0.39, 0.29) is 30.6 Å². The minimum atomic E-state index is -3.61. The third-order valence-corrected chi connectivity index (χ3v) is 8.88. The number of aliphatic hydroxyl groups is 1. The molecule has 3 aliphatic rings. The van der Waals surface area contributed by atoms with Gasteiger partial charge in [-0.15, -0.1) is 0 Å². The summed E-state index contributed by atoms with van der Waals surface area (Å²) in [5.74, 6) is 0.919. The van der Waals surface area contributed by atoms with Crippen LogP contribution in [0.2, 0.25) is 0 Å². The number of nitrogens with zero attached hydrogens (tertiary/aromatic N) is 2. The second kappa shape index (κ2) is 9.17. The summed E-state index contributed by atoms with van der Waals surface area (Å²) in [7, 11) is -3.61. The highest BCUT2D eigenvalue weighted by Crippen LogP contribution is 2.41. The Morgan fingerprint density at radius 3 is 2.45 bits per heavy atom. The van der Waals surface area contributed by atoms with Crippen molar-refractivity contribution in [1.29, 1.82) is 0 Å². The van der Waals surface area contributed by atoms with Crippen molar-refractivity contribution in [2.24, 2.45) is 0 Å². The lowest BCUT2D eigenvalue weighted by Gasteiger charge is -2.38. The molecule has 178 valence electrons. The molecule has 1 aromatic heterocycles. The molecule has 2 aromatic rings. The molecule has 1 aliphatic carbocycles. The zero-order valence-electron chi connectivity index (χ0n) is 18.4. The molecule has 2 saturated heterocycles. The van der Waals surface area contributed by atoms with E-state index >= 15 is 0 Å². The smallest absolute Gasteiger partial charge is 0.273 e. The number of rotatable bonds is 9. The number of hydrogen-bond donors (Lipinski definition) is 3. The van der Waals surface area contributed by atoms with Crippen molar-refractivity contribution >= 4 is 15.9 Å². The Morgan fingerprint density at radius 2 is 1.82 bits per heavy atom. The van der Waals surface area contributed by atoms with Gasteiger partial charge in [0.2, 0.25) is 10.0 Å². The molecular weight excluding hydrogens is 444 g/mol. The van der Waals surface area contributed by atoms with Crippen LogP contribution in [0.4, 0.5) is 0 Å². The number of aromatic nitrogens is 1. The molecular formula is C23H30N4O5S. The lowest BCUT2D eigenvalue weighted by molar-refractivity contribution is 0.0900. The van der Waals surface area contributed by atoms with Gasteiger partial charge in [0.05, 0.1) is 11.5 Å². The SMILES string of the molecule is O=C(NC1C[C@H]2CC[C@@H](C1)N2S(=O)(=O)c1ccc(CNCCO)cc1)c1cc(C2CC2)on1. The third kappa shape index (κ3) is 4.70. The first-order valence-corrected chi connectivity index (χ1v) is 13.1. The van der Waals surface area contributed by atoms with E-state index in [0.717, 1.165) is 37.0 Å². The Kier molecular flexibility index (Phi) is 6.26. The van der Waals surface area contributed by atoms with Crippen molar-refractivity contribution in [3.8, 4) is 0 Å². The van der Waals surface area contributed by atoms with Gasteiger partial charge in [0.1, 0.15) is 5.76 Å². The minimum Gasteiger partial charge on any atom is -0.395 e. The zero-order valence-corrected chi connectivity index (χ0v) is 19.3. The maximum absolute atomic E-state index is 13.4. The van der Waals surface area contributed by atoms with Crippen molar-refractivity contribution < 1.29 is 22.8 Å². The summed E-state index contributed by atoms with van der Waals surface area (Å²) in [4.78, 5) is 12.9. The largest absolute Gasteiger partial charge is 0.395 e. The highest BCUT2D eigenvalue weighted by atomic mass is 32.2. The van der Waals surface area contributed by atoms with Gasteiger partial charge in [0, 0.05) is 43.2 Å². The number of benzene rings is 1. The minimum absolute atomic E-state index is 0.0613. The molecule has 2 aliphatic heterocycles. The lowest BCUT2D eigenvalue weighted by Crippen LogP contribution is -2.52. The van der Waals surface area contributed by atoms with Crippen molar-refractivity contribution in [2.75, 3.05) is 13.2 Å². The van der Waals surface area contributed by atoms with Crippen LogP contribution in [0.5, 0.6) is 0 Å². The number of piperidine rings is 1. The molecule has 1 aromatic carbocycles. The molecule has 3 atom stereocenters. The first-order valence-electron chi connectivity index (χ1n) is 11.7. The van der Waals surface area contributed by atoms with E-state index in [1.54, 1.807) is 34.6 Å². The van der Waals surface area contributed by atoms with Gasteiger partial charge in [-0.05, 0) is 56.2 Å². The molecule has 1 saturated carbocycles. The summed E-state index contributed by atoms with van der Waals surface area (Å²) in [6.07, 6.45) is 4.95. The van der Waals surface area contributed by atoms with Crippen LogP contribution in [0.3, 0.4) is 0 Å². The number of carbonyl (C=O) groups excluding carboxylic acids is 1. The quantitative estimate of drug-likeness (QED) is 0.473. The fourth-order valence-corrected chi connectivity index (χ4v) is 6.96. The zero-order chi connectivity index (χ0) is 23.0. The topological polar surface area (TPSA) is 125 Å². The van der Waals surface area contributed by atoms with Crippen LogP contribution in [0.25, 0.3) is 0 Å². The third-order valence-electron chi connectivity index (χ3n) is 6.86. The van der Waals surface area contributed by atoms with Crippen molar-refractivity contribution in [2.45, 2.75) is 74.0 Å². The number of fused-ring (bicyclic) bond motifs is 2. The fraction of sp³-hybridized carbons (Fsp3) is 0.565. The summed E-state index contributed by atoms with van der Waals surface area (Å²) in [5, 5.41) is 18.9. The highest BCUT2D eigenvalue weighted by molar-refractivity contribution is 7.89. The van der Waals surface area contributed by atoms with Crippen LogP contribution >= 0.6 is 0 Å². The summed E-state index contributed by atoms with van der Waals surface area (Å²) in [5.41, 5.74) is 1.26. The lowest BCUT2D eigenvalue weighted by atomic mass is 9.99. The van der Waals surface area contributed by atoms with Crippen LogP contribution in [0, 0.1) is 0 Å². The van der Waals surface area contributed by atoms with Crippen molar-refractivity contribution in [3.05, 3.63) is 47.3 Å². The predicted molar refractivity (Wildman–Crippen MR) is 120 cm³/mol. The number of hydrogen-bond acceptors (Lipinski definition) is 7. The van der Waals surface area contributed by atoms with E-state index < -0.39 is 10.0 Å². The maximum atomic E-state index is 13.4. The van der Waals surface area contributed by atoms with Crippen molar-refractivity contribution in [3.63, 3.8) is 0 Å². The monoisotopic (exact) mass is 474 g/mol. The molecule has 3 heterocycles. The molecule has 1 amide bonds.